The quantitative estimate of drug-likeness (QED) is 0.437. The molecule has 31 heavy (non-hydrogen) atoms. The second-order valence-electron chi connectivity index (χ2n) is 9.76. The fraction of sp³-hybridized carbons (Fsp3) is 0.391. The summed E-state index contributed by atoms with van der Waals surface area (Å²) >= 11 is 0. The first kappa shape index (κ1) is 19.5. The van der Waals surface area contributed by atoms with E-state index in [1.807, 2.05) is 24.8 Å². The molecule has 0 N–H and O–H groups in total. The molecule has 4 aromatic rings. The van der Waals surface area contributed by atoms with Crippen LogP contribution in [0.4, 0.5) is 0 Å². The van der Waals surface area contributed by atoms with Crippen LogP contribution in [-0.4, -0.2) is 39.5 Å². The number of hydrogen-bond donors (Lipinski definition) is 0. The van der Waals surface area contributed by atoms with Crippen LogP contribution in [0.25, 0.3) is 11.4 Å². The SMILES string of the molecule is CC1(C)c2cncc(c2)-n2cnc(n2)C(C)(C)C(C)(C)c2ncn(n2)-c2cncc1c2. The van der Waals surface area contributed by atoms with E-state index in [1.54, 1.807) is 22.0 Å². The molecule has 0 saturated heterocycles. The number of pyridine rings is 2. The third-order valence-corrected chi connectivity index (χ3v) is 7.08. The molecule has 0 spiro atoms. The van der Waals surface area contributed by atoms with E-state index < -0.39 is 10.8 Å². The Kier molecular flexibility index (Phi) is 3.96. The fourth-order valence-electron chi connectivity index (χ4n) is 3.86. The van der Waals surface area contributed by atoms with E-state index in [4.69, 9.17) is 10.2 Å². The average Bonchev–Trinajstić information content (AvgIpc) is 3.44. The van der Waals surface area contributed by atoms with Crippen molar-refractivity contribution >= 4 is 0 Å². The Morgan fingerprint density at radius 1 is 0.613 bits per heavy atom. The van der Waals surface area contributed by atoms with Gasteiger partial charge in [0.15, 0.2) is 11.6 Å². The lowest BCUT2D eigenvalue weighted by Gasteiger charge is -2.37. The summed E-state index contributed by atoms with van der Waals surface area (Å²) in [5, 5.41) is 9.67. The Bertz CT molecular complexity index is 1180. The largest absolute Gasteiger partial charge is 0.262 e. The van der Waals surface area contributed by atoms with Crippen molar-refractivity contribution in [1.29, 1.82) is 0 Å². The summed E-state index contributed by atoms with van der Waals surface area (Å²) in [7, 11) is 0. The lowest BCUT2D eigenvalue weighted by molar-refractivity contribution is 0.273. The van der Waals surface area contributed by atoms with Gasteiger partial charge < -0.3 is 0 Å². The van der Waals surface area contributed by atoms with Crippen molar-refractivity contribution in [1.82, 2.24) is 39.5 Å². The molecule has 0 fully saturated rings. The maximum Gasteiger partial charge on any atom is 0.157 e. The van der Waals surface area contributed by atoms with Crippen LogP contribution in [0.1, 0.15) is 64.3 Å². The Balaban J connectivity index is 1.81. The third-order valence-electron chi connectivity index (χ3n) is 7.08. The van der Waals surface area contributed by atoms with E-state index in [0.717, 1.165) is 34.2 Å². The molecular formula is C23H26N8. The van der Waals surface area contributed by atoms with Gasteiger partial charge in [0.25, 0.3) is 0 Å². The van der Waals surface area contributed by atoms with Crippen LogP contribution in [0.2, 0.25) is 0 Å². The Labute approximate surface area is 181 Å². The monoisotopic (exact) mass is 414 g/mol. The summed E-state index contributed by atoms with van der Waals surface area (Å²) in [6, 6.07) is 4.23. The second-order valence-corrected chi connectivity index (χ2v) is 9.76. The van der Waals surface area contributed by atoms with Crippen LogP contribution in [0.5, 0.6) is 0 Å². The van der Waals surface area contributed by atoms with Gasteiger partial charge >= 0.3 is 0 Å². The van der Waals surface area contributed by atoms with Gasteiger partial charge in [-0.05, 0) is 23.3 Å². The lowest BCUT2D eigenvalue weighted by atomic mass is 9.67. The van der Waals surface area contributed by atoms with Crippen LogP contribution in [0.15, 0.2) is 49.6 Å². The van der Waals surface area contributed by atoms with Crippen molar-refractivity contribution in [2.24, 2.45) is 0 Å². The zero-order valence-electron chi connectivity index (χ0n) is 18.7. The van der Waals surface area contributed by atoms with E-state index in [9.17, 15) is 0 Å². The van der Waals surface area contributed by atoms with Gasteiger partial charge in [-0.1, -0.05) is 41.5 Å². The summed E-state index contributed by atoms with van der Waals surface area (Å²) in [5.41, 5.74) is 2.71. The molecule has 0 amide bonds. The van der Waals surface area contributed by atoms with Crippen molar-refractivity contribution < 1.29 is 0 Å². The van der Waals surface area contributed by atoms with E-state index in [0.29, 0.717) is 0 Å². The van der Waals surface area contributed by atoms with Gasteiger partial charge in [0.05, 0.1) is 23.8 Å². The van der Waals surface area contributed by atoms with Crippen LogP contribution in [0.3, 0.4) is 0 Å². The van der Waals surface area contributed by atoms with Gasteiger partial charge in [0, 0.05) is 28.6 Å². The fourth-order valence-corrected chi connectivity index (χ4v) is 3.86. The van der Waals surface area contributed by atoms with Crippen molar-refractivity contribution in [2.45, 2.75) is 57.8 Å². The highest BCUT2D eigenvalue weighted by Gasteiger charge is 2.45. The topological polar surface area (TPSA) is 87.2 Å². The number of fused-ring (bicyclic) bond motifs is 10. The lowest BCUT2D eigenvalue weighted by Crippen LogP contribution is -2.42. The molecule has 158 valence electrons. The summed E-state index contributed by atoms with van der Waals surface area (Å²) < 4.78 is 3.58. The maximum absolute atomic E-state index is 4.83. The standard InChI is InChI=1S/C23H26N8/c1-21(2)15-7-17(11-24-9-15)30-13-26-19(28-30)22(3,4)23(5,6)20-27-14-31(29-20)18-8-16(21)10-25-12-18/h7-14H,1-6H3. The molecule has 5 rings (SSSR count). The molecule has 8 heteroatoms. The van der Waals surface area contributed by atoms with Crippen LogP contribution >= 0.6 is 0 Å². The number of aromatic nitrogens is 8. The zero-order valence-corrected chi connectivity index (χ0v) is 18.7. The van der Waals surface area contributed by atoms with Crippen LogP contribution in [-0.2, 0) is 16.2 Å². The molecule has 1 aliphatic heterocycles. The third kappa shape index (κ3) is 2.81. The molecule has 0 unspecified atom stereocenters. The Morgan fingerprint density at radius 3 is 1.45 bits per heavy atom. The highest BCUT2D eigenvalue weighted by atomic mass is 15.4. The van der Waals surface area contributed by atoms with E-state index in [1.165, 1.54) is 0 Å². The number of hydrogen-bond acceptors (Lipinski definition) is 6. The number of rotatable bonds is 0. The zero-order chi connectivity index (χ0) is 22.0. The van der Waals surface area contributed by atoms with Gasteiger partial charge in [0.2, 0.25) is 0 Å². The minimum Gasteiger partial charge on any atom is -0.262 e. The maximum atomic E-state index is 4.83. The first-order valence-electron chi connectivity index (χ1n) is 10.4. The minimum atomic E-state index is -0.422. The molecule has 0 radical (unpaired) electrons. The summed E-state index contributed by atoms with van der Waals surface area (Å²) in [6.07, 6.45) is 10.9. The predicted molar refractivity (Wildman–Crippen MR) is 116 cm³/mol. The second kappa shape index (κ2) is 6.29. The highest BCUT2D eigenvalue weighted by Crippen LogP contribution is 2.41. The number of nitrogens with zero attached hydrogens (tertiary/aromatic N) is 8. The van der Waals surface area contributed by atoms with E-state index >= 15 is 0 Å². The van der Waals surface area contributed by atoms with Gasteiger partial charge in [-0.2, -0.15) is 10.2 Å². The minimum absolute atomic E-state index is 0.322. The van der Waals surface area contributed by atoms with Crippen molar-refractivity contribution in [3.63, 3.8) is 0 Å². The smallest absolute Gasteiger partial charge is 0.157 e. The molecule has 0 aliphatic carbocycles. The predicted octanol–water partition coefficient (Wildman–Crippen LogP) is 3.53. The molecule has 8 bridgehead atoms. The van der Waals surface area contributed by atoms with Gasteiger partial charge in [-0.25, -0.2) is 19.3 Å². The van der Waals surface area contributed by atoms with Gasteiger partial charge in [-0.15, -0.1) is 0 Å². The van der Waals surface area contributed by atoms with Gasteiger partial charge in [-0.3, -0.25) is 9.97 Å². The van der Waals surface area contributed by atoms with Gasteiger partial charge in [0.1, 0.15) is 12.7 Å². The van der Waals surface area contributed by atoms with Crippen molar-refractivity contribution in [3.8, 4) is 11.4 Å². The summed E-state index contributed by atoms with van der Waals surface area (Å²) in [5.74, 6) is 1.46. The van der Waals surface area contributed by atoms with E-state index in [2.05, 4.69) is 73.6 Å². The molecule has 5 heterocycles. The van der Waals surface area contributed by atoms with Crippen molar-refractivity contribution in [3.05, 3.63) is 72.4 Å². The summed E-state index contributed by atoms with van der Waals surface area (Å²) in [6.45, 7) is 12.9. The Hall–Kier alpha value is -3.42. The Morgan fingerprint density at radius 2 is 1.03 bits per heavy atom. The summed E-state index contributed by atoms with van der Waals surface area (Å²) in [4.78, 5) is 18.3. The molecule has 0 atom stereocenters. The van der Waals surface area contributed by atoms with Crippen LogP contribution in [0, 0.1) is 0 Å². The molecule has 4 aromatic heterocycles. The highest BCUT2D eigenvalue weighted by molar-refractivity contribution is 5.44. The normalized spacial score (nSPS) is 18.1. The first-order valence-corrected chi connectivity index (χ1v) is 10.4. The van der Waals surface area contributed by atoms with Crippen LogP contribution < -0.4 is 0 Å². The average molecular weight is 415 g/mol. The first-order chi connectivity index (χ1) is 14.6. The molecular weight excluding hydrogens is 388 g/mol. The van der Waals surface area contributed by atoms with Crippen molar-refractivity contribution in [2.75, 3.05) is 0 Å². The van der Waals surface area contributed by atoms with E-state index in [-0.39, 0.29) is 5.41 Å². The molecule has 1 aliphatic rings. The molecule has 0 saturated carbocycles. The molecule has 0 aromatic carbocycles. The molecule has 8 nitrogen and oxygen atoms in total.